The van der Waals surface area contributed by atoms with Crippen LogP contribution < -0.4 is 10.5 Å². The number of aromatic nitrogens is 1. The largest absolute Gasteiger partial charge is 0.490 e. The maximum absolute atomic E-state index is 5.89. The second kappa shape index (κ2) is 4.64. The molecule has 4 bridgehead atoms. The first-order valence-corrected chi connectivity index (χ1v) is 8.06. The van der Waals surface area contributed by atoms with E-state index < -0.39 is 0 Å². The van der Waals surface area contributed by atoms with Crippen molar-refractivity contribution in [1.29, 1.82) is 0 Å². The number of hydrogen-bond acceptors (Lipinski definition) is 3. The third-order valence-corrected chi connectivity index (χ3v) is 5.85. The van der Waals surface area contributed by atoms with Crippen LogP contribution in [0.25, 0.3) is 0 Å². The van der Waals surface area contributed by atoms with Crippen molar-refractivity contribution in [3.63, 3.8) is 0 Å². The van der Waals surface area contributed by atoms with Gasteiger partial charge in [0.25, 0.3) is 0 Å². The fraction of sp³-hybridized carbons (Fsp3) is 0.706. The van der Waals surface area contributed by atoms with E-state index in [0.29, 0.717) is 11.2 Å². The zero-order chi connectivity index (χ0) is 13.6. The van der Waals surface area contributed by atoms with Crippen molar-refractivity contribution >= 4 is 5.82 Å². The van der Waals surface area contributed by atoms with Gasteiger partial charge in [0.1, 0.15) is 0 Å². The minimum Gasteiger partial charge on any atom is -0.490 e. The third kappa shape index (κ3) is 2.17. The number of rotatable bonds is 4. The quantitative estimate of drug-likeness (QED) is 0.910. The summed E-state index contributed by atoms with van der Waals surface area (Å²) in [6.45, 7) is 0.794. The summed E-state index contributed by atoms with van der Waals surface area (Å²) in [6, 6.07) is 3.80. The monoisotopic (exact) mass is 272 g/mol. The van der Waals surface area contributed by atoms with Crippen LogP contribution in [-0.2, 0) is 0 Å². The van der Waals surface area contributed by atoms with Gasteiger partial charge in [-0.25, -0.2) is 4.98 Å². The molecule has 4 aliphatic carbocycles. The summed E-state index contributed by atoms with van der Waals surface area (Å²) in [5.41, 5.74) is 6.42. The van der Waals surface area contributed by atoms with Crippen LogP contribution >= 0.6 is 0 Å². The van der Waals surface area contributed by atoms with Crippen LogP contribution in [0.5, 0.6) is 5.75 Å². The number of anilines is 1. The molecule has 0 unspecified atom stereocenters. The van der Waals surface area contributed by atoms with Gasteiger partial charge in [-0.3, -0.25) is 0 Å². The topological polar surface area (TPSA) is 48.1 Å². The van der Waals surface area contributed by atoms with Crippen molar-refractivity contribution in [3.8, 4) is 5.75 Å². The normalized spacial score (nSPS) is 38.1. The van der Waals surface area contributed by atoms with Crippen molar-refractivity contribution in [1.82, 2.24) is 4.98 Å². The van der Waals surface area contributed by atoms with Gasteiger partial charge in [-0.05, 0) is 80.2 Å². The lowest BCUT2D eigenvalue weighted by Gasteiger charge is -2.57. The van der Waals surface area contributed by atoms with Gasteiger partial charge in [-0.1, -0.05) is 0 Å². The van der Waals surface area contributed by atoms with Gasteiger partial charge in [-0.2, -0.15) is 0 Å². The summed E-state index contributed by atoms with van der Waals surface area (Å²) in [7, 11) is 0. The smallest absolute Gasteiger partial charge is 0.166 e. The standard InChI is InChI=1S/C17H24N2O/c18-16-15(2-1-4-19-16)20-5-3-17-9-12-6-13(10-17)8-14(7-12)11-17/h1-2,4,12-14H,3,5-11H2,(H2,18,19). The SMILES string of the molecule is Nc1ncccc1OCCC12CC3CC(CC(C3)C1)C2. The molecule has 2 N–H and O–H groups in total. The molecule has 1 aromatic heterocycles. The molecule has 3 heteroatoms. The predicted octanol–water partition coefficient (Wildman–Crippen LogP) is 3.65. The molecule has 0 saturated heterocycles. The maximum atomic E-state index is 5.89. The molecule has 4 aliphatic rings. The Balaban J connectivity index is 1.39. The van der Waals surface area contributed by atoms with Crippen LogP contribution in [0, 0.1) is 23.2 Å². The molecular weight excluding hydrogens is 248 g/mol. The van der Waals surface area contributed by atoms with E-state index in [1.54, 1.807) is 6.20 Å². The highest BCUT2D eigenvalue weighted by Crippen LogP contribution is 2.61. The molecule has 108 valence electrons. The summed E-state index contributed by atoms with van der Waals surface area (Å²) in [5, 5.41) is 0. The molecule has 0 spiro atoms. The van der Waals surface area contributed by atoms with Crippen molar-refractivity contribution in [3.05, 3.63) is 18.3 Å². The fourth-order valence-corrected chi connectivity index (χ4v) is 5.50. The van der Waals surface area contributed by atoms with E-state index in [-0.39, 0.29) is 0 Å². The van der Waals surface area contributed by atoms with Crippen LogP contribution in [0.4, 0.5) is 5.82 Å². The molecule has 0 aliphatic heterocycles. The molecule has 20 heavy (non-hydrogen) atoms. The molecule has 0 radical (unpaired) electrons. The van der Waals surface area contributed by atoms with Crippen LogP contribution in [0.2, 0.25) is 0 Å². The molecule has 5 rings (SSSR count). The molecule has 0 aromatic carbocycles. The first-order chi connectivity index (χ1) is 9.72. The van der Waals surface area contributed by atoms with E-state index in [0.717, 1.165) is 30.1 Å². The van der Waals surface area contributed by atoms with Gasteiger partial charge >= 0.3 is 0 Å². The Kier molecular flexibility index (Phi) is 2.90. The Morgan fingerprint density at radius 3 is 2.40 bits per heavy atom. The van der Waals surface area contributed by atoms with Crippen LogP contribution in [0.1, 0.15) is 44.9 Å². The number of nitrogens with zero attached hydrogens (tertiary/aromatic N) is 1. The van der Waals surface area contributed by atoms with Gasteiger partial charge in [0, 0.05) is 6.20 Å². The van der Waals surface area contributed by atoms with E-state index in [1.807, 2.05) is 12.1 Å². The molecule has 4 fully saturated rings. The van der Waals surface area contributed by atoms with Crippen molar-refractivity contribution < 1.29 is 4.74 Å². The average Bonchev–Trinajstić information content (AvgIpc) is 2.39. The fourth-order valence-electron chi connectivity index (χ4n) is 5.50. The van der Waals surface area contributed by atoms with Crippen molar-refractivity contribution in [2.45, 2.75) is 44.9 Å². The molecule has 4 saturated carbocycles. The summed E-state index contributed by atoms with van der Waals surface area (Å²) in [5.74, 6) is 4.31. The minimum absolute atomic E-state index is 0.512. The Morgan fingerprint density at radius 2 is 1.80 bits per heavy atom. The van der Waals surface area contributed by atoms with Crippen LogP contribution in [0.3, 0.4) is 0 Å². The highest BCUT2D eigenvalue weighted by Gasteiger charge is 2.50. The number of ether oxygens (including phenoxy) is 1. The Bertz CT molecular complexity index is 464. The number of pyridine rings is 1. The highest BCUT2D eigenvalue weighted by molar-refractivity contribution is 5.44. The summed E-state index contributed by atoms with van der Waals surface area (Å²) in [4.78, 5) is 4.08. The Hall–Kier alpha value is -1.25. The second-order valence-electron chi connectivity index (χ2n) is 7.40. The van der Waals surface area contributed by atoms with E-state index in [4.69, 9.17) is 10.5 Å². The molecule has 0 amide bonds. The molecular formula is C17H24N2O. The van der Waals surface area contributed by atoms with Gasteiger partial charge in [0.15, 0.2) is 11.6 Å². The first kappa shape index (κ1) is 12.5. The zero-order valence-electron chi connectivity index (χ0n) is 12.1. The summed E-state index contributed by atoms with van der Waals surface area (Å²) < 4.78 is 5.89. The molecule has 1 heterocycles. The molecule has 3 nitrogen and oxygen atoms in total. The second-order valence-corrected chi connectivity index (χ2v) is 7.40. The van der Waals surface area contributed by atoms with Gasteiger partial charge in [-0.15, -0.1) is 0 Å². The van der Waals surface area contributed by atoms with Gasteiger partial charge < -0.3 is 10.5 Å². The van der Waals surface area contributed by atoms with E-state index in [2.05, 4.69) is 4.98 Å². The Morgan fingerprint density at radius 1 is 1.15 bits per heavy atom. The third-order valence-electron chi connectivity index (χ3n) is 5.85. The van der Waals surface area contributed by atoms with E-state index >= 15 is 0 Å². The zero-order valence-corrected chi connectivity index (χ0v) is 12.1. The summed E-state index contributed by atoms with van der Waals surface area (Å²) in [6.07, 6.45) is 11.8. The van der Waals surface area contributed by atoms with Crippen LogP contribution in [0.15, 0.2) is 18.3 Å². The first-order valence-electron chi connectivity index (χ1n) is 8.06. The van der Waals surface area contributed by atoms with Crippen molar-refractivity contribution in [2.75, 3.05) is 12.3 Å². The predicted molar refractivity (Wildman–Crippen MR) is 79.4 cm³/mol. The van der Waals surface area contributed by atoms with Crippen LogP contribution in [-0.4, -0.2) is 11.6 Å². The number of nitrogens with two attached hydrogens (primary N) is 1. The van der Waals surface area contributed by atoms with Crippen molar-refractivity contribution in [2.24, 2.45) is 23.2 Å². The lowest BCUT2D eigenvalue weighted by atomic mass is 9.49. The van der Waals surface area contributed by atoms with Gasteiger partial charge in [0.05, 0.1) is 6.61 Å². The average molecular weight is 272 g/mol. The maximum Gasteiger partial charge on any atom is 0.166 e. The highest BCUT2D eigenvalue weighted by atomic mass is 16.5. The Labute approximate surface area is 120 Å². The van der Waals surface area contributed by atoms with E-state index in [1.165, 1.54) is 44.9 Å². The van der Waals surface area contributed by atoms with E-state index in [9.17, 15) is 0 Å². The lowest BCUT2D eigenvalue weighted by molar-refractivity contribution is -0.0622. The number of nitrogen functional groups attached to an aromatic ring is 1. The van der Waals surface area contributed by atoms with Gasteiger partial charge in [0.2, 0.25) is 0 Å². The summed E-state index contributed by atoms with van der Waals surface area (Å²) >= 11 is 0. The molecule has 1 aromatic rings. The lowest BCUT2D eigenvalue weighted by Crippen LogP contribution is -2.46. The molecule has 0 atom stereocenters. The minimum atomic E-state index is 0.512. The number of hydrogen-bond donors (Lipinski definition) is 1.